The van der Waals surface area contributed by atoms with Crippen LogP contribution in [0.4, 0.5) is 0 Å². The van der Waals surface area contributed by atoms with Crippen molar-refractivity contribution in [3.8, 4) is 0 Å². The molecule has 1 amide bonds. The Bertz CT molecular complexity index is 403. The second kappa shape index (κ2) is 5.74. The number of hydrogen-bond donors (Lipinski definition) is 1. The maximum Gasteiger partial charge on any atom is 0.226 e. The monoisotopic (exact) mass is 262 g/mol. The van der Waals surface area contributed by atoms with E-state index < -0.39 is 0 Å². The smallest absolute Gasteiger partial charge is 0.226 e. The summed E-state index contributed by atoms with van der Waals surface area (Å²) >= 11 is 0. The summed E-state index contributed by atoms with van der Waals surface area (Å²) in [5, 5.41) is 7.63. The Kier molecular flexibility index (Phi) is 3.82. The molecule has 0 radical (unpaired) electrons. The van der Waals surface area contributed by atoms with Gasteiger partial charge in [-0.1, -0.05) is 0 Å². The number of piperidine rings is 2. The van der Waals surface area contributed by atoms with Crippen molar-refractivity contribution in [1.82, 2.24) is 20.0 Å². The van der Waals surface area contributed by atoms with E-state index in [1.165, 1.54) is 0 Å². The third-order valence-corrected chi connectivity index (χ3v) is 4.32. The van der Waals surface area contributed by atoms with Crippen LogP contribution in [0.3, 0.4) is 0 Å². The number of carbonyl (C=O) groups is 1. The van der Waals surface area contributed by atoms with Gasteiger partial charge in [-0.05, 0) is 38.3 Å². The number of amides is 1. The fourth-order valence-corrected chi connectivity index (χ4v) is 3.17. The second-order valence-electron chi connectivity index (χ2n) is 5.59. The van der Waals surface area contributed by atoms with Gasteiger partial charge in [0.2, 0.25) is 5.91 Å². The molecule has 0 aliphatic carbocycles. The van der Waals surface area contributed by atoms with E-state index in [-0.39, 0.29) is 5.92 Å². The Balaban J connectivity index is 1.53. The summed E-state index contributed by atoms with van der Waals surface area (Å²) in [7, 11) is 0. The van der Waals surface area contributed by atoms with Crippen LogP contribution in [0.1, 0.15) is 31.7 Å². The Morgan fingerprint density at radius 1 is 1.26 bits per heavy atom. The van der Waals surface area contributed by atoms with E-state index in [4.69, 9.17) is 0 Å². The summed E-state index contributed by atoms with van der Waals surface area (Å²) in [5.74, 6) is 0.557. The molecule has 1 atom stereocenters. The van der Waals surface area contributed by atoms with Gasteiger partial charge in [-0.3, -0.25) is 9.48 Å². The lowest BCUT2D eigenvalue weighted by molar-refractivity contribution is -0.137. The quantitative estimate of drug-likeness (QED) is 0.866. The number of rotatable bonds is 2. The fourth-order valence-electron chi connectivity index (χ4n) is 3.17. The molecular weight excluding hydrogens is 240 g/mol. The van der Waals surface area contributed by atoms with Crippen molar-refractivity contribution < 1.29 is 4.79 Å². The second-order valence-corrected chi connectivity index (χ2v) is 5.59. The molecule has 104 valence electrons. The van der Waals surface area contributed by atoms with Crippen LogP contribution in [0.5, 0.6) is 0 Å². The maximum absolute atomic E-state index is 12.4. The number of nitrogens with one attached hydrogen (secondary N) is 1. The van der Waals surface area contributed by atoms with Gasteiger partial charge >= 0.3 is 0 Å². The standard InChI is InChI=1S/C14H22N4O/c19-14(12-3-1-6-15-11-12)17-9-4-13(5-10-17)18-8-2-7-16-18/h2,7-8,12-13,15H,1,3-6,9-11H2. The van der Waals surface area contributed by atoms with Crippen molar-refractivity contribution in [2.45, 2.75) is 31.7 Å². The third-order valence-electron chi connectivity index (χ3n) is 4.32. The van der Waals surface area contributed by atoms with Crippen LogP contribution in [0.15, 0.2) is 18.5 Å². The van der Waals surface area contributed by atoms with E-state index in [0.717, 1.165) is 51.9 Å². The lowest BCUT2D eigenvalue weighted by Gasteiger charge is -2.35. The zero-order chi connectivity index (χ0) is 13.1. The average molecular weight is 262 g/mol. The summed E-state index contributed by atoms with van der Waals surface area (Å²) in [6.07, 6.45) is 8.06. The fraction of sp³-hybridized carbons (Fsp3) is 0.714. The molecule has 0 saturated carbocycles. The Labute approximate surface area is 114 Å². The van der Waals surface area contributed by atoms with Gasteiger partial charge < -0.3 is 10.2 Å². The van der Waals surface area contributed by atoms with Crippen molar-refractivity contribution in [2.24, 2.45) is 5.92 Å². The molecule has 0 spiro atoms. The summed E-state index contributed by atoms with van der Waals surface area (Å²) in [6.45, 7) is 3.67. The maximum atomic E-state index is 12.4. The minimum atomic E-state index is 0.204. The Morgan fingerprint density at radius 2 is 2.11 bits per heavy atom. The lowest BCUT2D eigenvalue weighted by atomic mass is 9.96. The molecule has 3 rings (SSSR count). The van der Waals surface area contributed by atoms with Gasteiger partial charge in [0.15, 0.2) is 0 Å². The Hall–Kier alpha value is -1.36. The highest BCUT2D eigenvalue weighted by molar-refractivity contribution is 5.79. The first-order valence-electron chi connectivity index (χ1n) is 7.33. The molecule has 19 heavy (non-hydrogen) atoms. The van der Waals surface area contributed by atoms with Crippen LogP contribution in [-0.2, 0) is 4.79 Å². The SMILES string of the molecule is O=C(C1CCCNC1)N1CCC(n2cccn2)CC1. The molecule has 1 aromatic rings. The molecule has 5 nitrogen and oxygen atoms in total. The minimum absolute atomic E-state index is 0.204. The highest BCUT2D eigenvalue weighted by Crippen LogP contribution is 2.23. The number of carbonyl (C=O) groups excluding carboxylic acids is 1. The van der Waals surface area contributed by atoms with Gasteiger partial charge in [0.1, 0.15) is 0 Å². The zero-order valence-electron chi connectivity index (χ0n) is 11.3. The van der Waals surface area contributed by atoms with Crippen molar-refractivity contribution in [1.29, 1.82) is 0 Å². The van der Waals surface area contributed by atoms with Gasteiger partial charge in [0.25, 0.3) is 0 Å². The van der Waals surface area contributed by atoms with Gasteiger partial charge in [-0.25, -0.2) is 0 Å². The first-order valence-corrected chi connectivity index (χ1v) is 7.33. The first-order chi connectivity index (χ1) is 9.34. The largest absolute Gasteiger partial charge is 0.342 e. The van der Waals surface area contributed by atoms with Crippen LogP contribution < -0.4 is 5.32 Å². The molecule has 1 unspecified atom stereocenters. The number of likely N-dealkylation sites (tertiary alicyclic amines) is 1. The summed E-state index contributed by atoms with van der Waals surface area (Å²) in [5.41, 5.74) is 0. The molecule has 2 fully saturated rings. The first kappa shape index (κ1) is 12.7. The van der Waals surface area contributed by atoms with E-state index >= 15 is 0 Å². The Morgan fingerprint density at radius 3 is 2.74 bits per heavy atom. The predicted molar refractivity (Wildman–Crippen MR) is 72.7 cm³/mol. The van der Waals surface area contributed by atoms with Crippen molar-refractivity contribution >= 4 is 5.91 Å². The number of hydrogen-bond acceptors (Lipinski definition) is 3. The summed E-state index contributed by atoms with van der Waals surface area (Å²) in [4.78, 5) is 14.5. The summed E-state index contributed by atoms with van der Waals surface area (Å²) in [6, 6.07) is 2.43. The van der Waals surface area contributed by atoms with Crippen LogP contribution >= 0.6 is 0 Å². The van der Waals surface area contributed by atoms with E-state index in [2.05, 4.69) is 15.3 Å². The molecule has 2 saturated heterocycles. The molecule has 1 aromatic heterocycles. The van der Waals surface area contributed by atoms with Crippen LogP contribution in [0.2, 0.25) is 0 Å². The van der Waals surface area contributed by atoms with Crippen molar-refractivity contribution in [3.05, 3.63) is 18.5 Å². The molecule has 5 heteroatoms. The van der Waals surface area contributed by atoms with Gasteiger partial charge in [0, 0.05) is 32.0 Å². The highest BCUT2D eigenvalue weighted by Gasteiger charge is 2.29. The average Bonchev–Trinajstić information content (AvgIpc) is 3.02. The van der Waals surface area contributed by atoms with Crippen molar-refractivity contribution in [2.75, 3.05) is 26.2 Å². The topological polar surface area (TPSA) is 50.2 Å². The van der Waals surface area contributed by atoms with Crippen LogP contribution in [0.25, 0.3) is 0 Å². The molecule has 2 aliphatic heterocycles. The third kappa shape index (κ3) is 2.81. The van der Waals surface area contributed by atoms with E-state index in [0.29, 0.717) is 11.9 Å². The zero-order valence-corrected chi connectivity index (χ0v) is 11.3. The highest BCUT2D eigenvalue weighted by atomic mass is 16.2. The molecule has 0 bridgehead atoms. The van der Waals surface area contributed by atoms with Gasteiger partial charge in [0.05, 0.1) is 12.0 Å². The predicted octanol–water partition coefficient (Wildman–Crippen LogP) is 1.05. The van der Waals surface area contributed by atoms with Crippen molar-refractivity contribution in [3.63, 3.8) is 0 Å². The van der Waals surface area contributed by atoms with E-state index in [9.17, 15) is 4.79 Å². The number of aromatic nitrogens is 2. The molecule has 1 N–H and O–H groups in total. The molecule has 0 aromatic carbocycles. The van der Waals surface area contributed by atoms with Crippen LogP contribution in [-0.4, -0.2) is 46.8 Å². The number of nitrogens with zero attached hydrogens (tertiary/aromatic N) is 3. The molecule has 3 heterocycles. The lowest BCUT2D eigenvalue weighted by Crippen LogP contribution is -2.46. The minimum Gasteiger partial charge on any atom is -0.342 e. The van der Waals surface area contributed by atoms with Gasteiger partial charge in [-0.2, -0.15) is 5.10 Å². The normalized spacial score (nSPS) is 25.5. The summed E-state index contributed by atoms with van der Waals surface area (Å²) < 4.78 is 2.03. The van der Waals surface area contributed by atoms with E-state index in [1.54, 1.807) is 0 Å². The van der Waals surface area contributed by atoms with E-state index in [1.807, 2.05) is 23.1 Å². The van der Waals surface area contributed by atoms with Crippen LogP contribution in [0, 0.1) is 5.92 Å². The molecular formula is C14H22N4O. The van der Waals surface area contributed by atoms with Gasteiger partial charge in [-0.15, -0.1) is 0 Å². The molecule has 2 aliphatic rings.